The van der Waals surface area contributed by atoms with Crippen LogP contribution in [0.3, 0.4) is 0 Å². The predicted octanol–water partition coefficient (Wildman–Crippen LogP) is 6.08. The Labute approximate surface area is 183 Å². The van der Waals surface area contributed by atoms with E-state index in [1.807, 2.05) is 98.8 Å². The molecule has 0 bridgehead atoms. The molecule has 5 nitrogen and oxygen atoms in total. The van der Waals surface area contributed by atoms with Gasteiger partial charge in [0.2, 0.25) is 0 Å². The second-order valence-corrected chi connectivity index (χ2v) is 8.08. The number of azo groups is 1. The molecule has 160 valence electrons. The van der Waals surface area contributed by atoms with E-state index in [4.69, 9.17) is 20.1 Å². The zero-order chi connectivity index (χ0) is 22.3. The van der Waals surface area contributed by atoms with Crippen LogP contribution in [-0.2, 0) is 10.3 Å². The Kier molecular flexibility index (Phi) is 6.85. The number of carbonyl (C=O) groups is 1. The maximum atomic E-state index is 11.1. The van der Waals surface area contributed by atoms with E-state index in [-0.39, 0.29) is 6.42 Å². The van der Waals surface area contributed by atoms with E-state index in [9.17, 15) is 4.79 Å². The lowest BCUT2D eigenvalue weighted by Gasteiger charge is -2.32. The molecular weight excluding hydrogens is 388 g/mol. The van der Waals surface area contributed by atoms with Crippen molar-refractivity contribution in [3.05, 3.63) is 102 Å². The highest BCUT2D eigenvalue weighted by Crippen LogP contribution is 2.42. The van der Waals surface area contributed by atoms with Crippen LogP contribution in [0.25, 0.3) is 0 Å². The summed E-state index contributed by atoms with van der Waals surface area (Å²) in [5.74, 6) is -0.0756. The highest BCUT2D eigenvalue weighted by molar-refractivity contribution is 5.66. The molecule has 0 unspecified atom stereocenters. The van der Waals surface area contributed by atoms with E-state index >= 15 is 0 Å². The molecule has 0 aliphatic carbocycles. The van der Waals surface area contributed by atoms with Gasteiger partial charge in [-0.05, 0) is 49.1 Å². The maximum Gasteiger partial charge on any atom is 0.303 e. The smallest absolute Gasteiger partial charge is 0.303 e. The van der Waals surface area contributed by atoms with Crippen LogP contribution >= 0.6 is 0 Å². The summed E-state index contributed by atoms with van der Waals surface area (Å²) >= 11 is 0. The highest BCUT2D eigenvalue weighted by Gasteiger charge is 2.37. The Morgan fingerprint density at radius 3 is 1.74 bits per heavy atom. The second-order valence-electron chi connectivity index (χ2n) is 8.08. The molecule has 0 spiro atoms. The molecule has 0 saturated carbocycles. The summed E-state index contributed by atoms with van der Waals surface area (Å²) in [5, 5.41) is 18.8. The summed E-state index contributed by atoms with van der Waals surface area (Å²) in [6.45, 7) is 3.82. The molecule has 0 aromatic heterocycles. The standard InChI is InChI=1S/C26H28N2O3/c1-25(2,19-18-24(29)30)27-28-26(20-10-6-4-7-11-20,21-12-8-5-9-13-21)22-14-16-23(31-3)17-15-22/h4-17H,18-19H2,1-3H3,(H,29,30). The van der Waals surface area contributed by atoms with E-state index in [0.29, 0.717) is 6.42 Å². The number of carboxylic acids is 1. The largest absolute Gasteiger partial charge is 0.497 e. The van der Waals surface area contributed by atoms with Gasteiger partial charge in [0.25, 0.3) is 0 Å². The fourth-order valence-electron chi connectivity index (χ4n) is 3.54. The number of methoxy groups -OCH3 is 1. The average Bonchev–Trinajstić information content (AvgIpc) is 2.80. The van der Waals surface area contributed by atoms with Crippen molar-refractivity contribution in [2.45, 2.75) is 37.8 Å². The van der Waals surface area contributed by atoms with Crippen LogP contribution in [0, 0.1) is 0 Å². The van der Waals surface area contributed by atoms with Crippen molar-refractivity contribution >= 4 is 5.97 Å². The van der Waals surface area contributed by atoms with Crippen LogP contribution in [0.5, 0.6) is 5.75 Å². The van der Waals surface area contributed by atoms with Crippen molar-refractivity contribution in [3.8, 4) is 5.75 Å². The SMILES string of the molecule is COc1ccc(C(N=NC(C)(C)CCC(=O)O)(c2ccccc2)c2ccccc2)cc1. The van der Waals surface area contributed by atoms with Gasteiger partial charge in [0, 0.05) is 6.42 Å². The van der Waals surface area contributed by atoms with E-state index in [1.54, 1.807) is 7.11 Å². The fourth-order valence-corrected chi connectivity index (χ4v) is 3.54. The predicted molar refractivity (Wildman–Crippen MR) is 122 cm³/mol. The van der Waals surface area contributed by atoms with Crippen LogP contribution < -0.4 is 4.74 Å². The topological polar surface area (TPSA) is 71.2 Å². The molecule has 0 aliphatic rings. The number of nitrogens with zero attached hydrogens (tertiary/aromatic N) is 2. The molecule has 0 amide bonds. The van der Waals surface area contributed by atoms with E-state index in [0.717, 1.165) is 22.4 Å². The third-order valence-corrected chi connectivity index (χ3v) is 5.31. The van der Waals surface area contributed by atoms with Gasteiger partial charge in [-0.2, -0.15) is 10.2 Å². The normalized spacial score (nSPS) is 12.1. The number of hydrogen-bond acceptors (Lipinski definition) is 4. The summed E-state index contributed by atoms with van der Waals surface area (Å²) in [7, 11) is 1.64. The number of rotatable bonds is 9. The summed E-state index contributed by atoms with van der Waals surface area (Å²) in [6.07, 6.45) is 0.437. The first kappa shape index (κ1) is 22.2. The zero-order valence-corrected chi connectivity index (χ0v) is 18.2. The van der Waals surface area contributed by atoms with Gasteiger partial charge in [-0.3, -0.25) is 4.79 Å². The van der Waals surface area contributed by atoms with Gasteiger partial charge in [-0.15, -0.1) is 0 Å². The number of hydrogen-bond donors (Lipinski definition) is 1. The molecule has 5 heteroatoms. The molecule has 0 heterocycles. The minimum atomic E-state index is -0.880. The quantitative estimate of drug-likeness (QED) is 0.339. The average molecular weight is 417 g/mol. The van der Waals surface area contributed by atoms with Crippen LogP contribution in [0.1, 0.15) is 43.4 Å². The molecule has 0 atom stereocenters. The van der Waals surface area contributed by atoms with E-state index in [1.165, 1.54) is 0 Å². The highest BCUT2D eigenvalue weighted by atomic mass is 16.5. The first-order chi connectivity index (χ1) is 14.9. The van der Waals surface area contributed by atoms with Gasteiger partial charge < -0.3 is 9.84 Å². The fraction of sp³-hybridized carbons (Fsp3) is 0.269. The van der Waals surface area contributed by atoms with Crippen LogP contribution in [0.4, 0.5) is 0 Å². The van der Waals surface area contributed by atoms with Crippen molar-refractivity contribution in [2.75, 3.05) is 7.11 Å². The molecule has 3 aromatic rings. The van der Waals surface area contributed by atoms with Gasteiger partial charge in [-0.25, -0.2) is 0 Å². The molecular formula is C26H28N2O3. The molecule has 0 saturated heterocycles. The molecule has 1 N–H and O–H groups in total. The molecule has 0 fully saturated rings. The Bertz CT molecular complexity index is 974. The van der Waals surface area contributed by atoms with E-state index < -0.39 is 17.0 Å². The lowest BCUT2D eigenvalue weighted by atomic mass is 9.78. The Balaban J connectivity index is 2.22. The van der Waals surface area contributed by atoms with Crippen LogP contribution in [-0.4, -0.2) is 23.7 Å². The number of aliphatic carboxylic acids is 1. The summed E-state index contributed by atoms with van der Waals surface area (Å²) in [5.41, 5.74) is 1.39. The van der Waals surface area contributed by atoms with Gasteiger partial charge in [0.1, 0.15) is 5.75 Å². The summed E-state index contributed by atoms with van der Waals surface area (Å²) < 4.78 is 5.35. The van der Waals surface area contributed by atoms with Crippen LogP contribution in [0.2, 0.25) is 0 Å². The summed E-state index contributed by atoms with van der Waals surface area (Å²) in [4.78, 5) is 11.1. The number of benzene rings is 3. The third kappa shape index (κ3) is 5.18. The van der Waals surface area contributed by atoms with E-state index in [2.05, 4.69) is 0 Å². The maximum absolute atomic E-state index is 11.1. The van der Waals surface area contributed by atoms with Crippen molar-refractivity contribution in [3.63, 3.8) is 0 Å². The van der Waals surface area contributed by atoms with Crippen LogP contribution in [0.15, 0.2) is 95.2 Å². The Morgan fingerprint density at radius 2 is 1.29 bits per heavy atom. The van der Waals surface area contributed by atoms with Gasteiger partial charge in [0.15, 0.2) is 5.54 Å². The van der Waals surface area contributed by atoms with Gasteiger partial charge in [-0.1, -0.05) is 72.8 Å². The van der Waals surface area contributed by atoms with Crippen molar-refractivity contribution < 1.29 is 14.6 Å². The molecule has 0 aliphatic heterocycles. The first-order valence-corrected chi connectivity index (χ1v) is 10.3. The first-order valence-electron chi connectivity index (χ1n) is 10.3. The second kappa shape index (κ2) is 9.56. The molecule has 3 aromatic carbocycles. The van der Waals surface area contributed by atoms with Gasteiger partial charge >= 0.3 is 5.97 Å². The number of ether oxygens (including phenoxy) is 1. The van der Waals surface area contributed by atoms with Crippen molar-refractivity contribution in [2.24, 2.45) is 10.2 Å². The Morgan fingerprint density at radius 1 is 0.806 bits per heavy atom. The zero-order valence-electron chi connectivity index (χ0n) is 18.2. The third-order valence-electron chi connectivity index (χ3n) is 5.31. The minimum absolute atomic E-state index is 0.0399. The number of carboxylic acid groups (broad SMARTS) is 1. The molecule has 31 heavy (non-hydrogen) atoms. The minimum Gasteiger partial charge on any atom is -0.497 e. The molecule has 0 radical (unpaired) electrons. The monoisotopic (exact) mass is 416 g/mol. The summed E-state index contributed by atoms with van der Waals surface area (Å²) in [6, 6.07) is 27.9. The van der Waals surface area contributed by atoms with Gasteiger partial charge in [0.05, 0.1) is 12.6 Å². The molecule has 3 rings (SSSR count). The Hall–Kier alpha value is -3.47. The van der Waals surface area contributed by atoms with Crippen molar-refractivity contribution in [1.29, 1.82) is 0 Å². The lowest BCUT2D eigenvalue weighted by molar-refractivity contribution is -0.137. The van der Waals surface area contributed by atoms with Crippen molar-refractivity contribution in [1.82, 2.24) is 0 Å². The lowest BCUT2D eigenvalue weighted by Crippen LogP contribution is -2.28.